The minimum atomic E-state index is -1.08. The van der Waals surface area contributed by atoms with Crippen molar-refractivity contribution < 1.29 is 23.8 Å². The quantitative estimate of drug-likeness (QED) is 0.347. The SMILES string of the molecule is O=C(O)COc1cccc(C(=O)/C=C/c2ccc(-c3nc4ccccc4s3)o2)c1. The van der Waals surface area contributed by atoms with Gasteiger partial charge in [0.05, 0.1) is 10.2 Å². The Hall–Kier alpha value is -3.71. The van der Waals surface area contributed by atoms with Crippen LogP contribution in [0.25, 0.3) is 27.1 Å². The molecule has 29 heavy (non-hydrogen) atoms. The number of furan rings is 1. The lowest BCUT2D eigenvalue weighted by Gasteiger charge is -2.04. The number of para-hydroxylation sites is 1. The lowest BCUT2D eigenvalue weighted by atomic mass is 10.1. The summed E-state index contributed by atoms with van der Waals surface area (Å²) in [6.45, 7) is -0.464. The monoisotopic (exact) mass is 405 g/mol. The zero-order chi connectivity index (χ0) is 20.2. The average molecular weight is 405 g/mol. The number of benzene rings is 2. The van der Waals surface area contributed by atoms with Gasteiger partial charge in [-0.1, -0.05) is 24.3 Å². The molecule has 0 fully saturated rings. The Morgan fingerprint density at radius 1 is 1.10 bits per heavy atom. The Morgan fingerprint density at radius 2 is 1.97 bits per heavy atom. The number of aliphatic carboxylic acids is 1. The van der Waals surface area contributed by atoms with Gasteiger partial charge in [-0.15, -0.1) is 11.3 Å². The van der Waals surface area contributed by atoms with Gasteiger partial charge in [0, 0.05) is 5.56 Å². The lowest BCUT2D eigenvalue weighted by Crippen LogP contribution is -2.09. The van der Waals surface area contributed by atoms with E-state index < -0.39 is 12.6 Å². The first kappa shape index (κ1) is 18.6. The number of hydrogen-bond acceptors (Lipinski definition) is 6. The maximum absolute atomic E-state index is 12.4. The van der Waals surface area contributed by atoms with Gasteiger partial charge in [0.1, 0.15) is 11.5 Å². The molecule has 2 aromatic carbocycles. The molecule has 1 N–H and O–H groups in total. The van der Waals surface area contributed by atoms with Crippen LogP contribution in [0.1, 0.15) is 16.1 Å². The maximum Gasteiger partial charge on any atom is 0.341 e. The summed E-state index contributed by atoms with van der Waals surface area (Å²) in [4.78, 5) is 27.5. The van der Waals surface area contributed by atoms with Crippen LogP contribution in [0.4, 0.5) is 0 Å². The molecule has 2 aromatic heterocycles. The van der Waals surface area contributed by atoms with Crippen molar-refractivity contribution in [3.63, 3.8) is 0 Å². The third-order valence-corrected chi connectivity index (χ3v) is 5.06. The van der Waals surface area contributed by atoms with E-state index in [1.165, 1.54) is 12.1 Å². The van der Waals surface area contributed by atoms with E-state index in [2.05, 4.69) is 4.98 Å². The molecular weight excluding hydrogens is 390 g/mol. The lowest BCUT2D eigenvalue weighted by molar-refractivity contribution is -0.139. The van der Waals surface area contributed by atoms with Crippen LogP contribution in [0, 0.1) is 0 Å². The summed E-state index contributed by atoms with van der Waals surface area (Å²) in [5, 5.41) is 9.45. The number of fused-ring (bicyclic) bond motifs is 1. The highest BCUT2D eigenvalue weighted by Crippen LogP contribution is 2.31. The Balaban J connectivity index is 1.47. The first-order valence-electron chi connectivity index (χ1n) is 8.71. The van der Waals surface area contributed by atoms with E-state index >= 15 is 0 Å². The number of carboxylic acid groups (broad SMARTS) is 1. The van der Waals surface area contributed by atoms with Gasteiger partial charge in [0.15, 0.2) is 23.2 Å². The summed E-state index contributed by atoms with van der Waals surface area (Å²) in [7, 11) is 0. The van der Waals surface area contributed by atoms with Crippen molar-refractivity contribution in [3.05, 3.63) is 78.1 Å². The Bertz CT molecular complexity index is 1190. The van der Waals surface area contributed by atoms with Crippen LogP contribution in [0.3, 0.4) is 0 Å². The standard InChI is InChI=1S/C22H15NO5S/c24-18(14-4-3-5-16(12-14)27-13-21(25)26)10-8-15-9-11-19(28-15)22-23-17-6-1-2-7-20(17)29-22/h1-12H,13H2,(H,25,26)/b10-8+. The van der Waals surface area contributed by atoms with E-state index in [9.17, 15) is 9.59 Å². The molecule has 0 atom stereocenters. The predicted molar refractivity (Wildman–Crippen MR) is 110 cm³/mol. The molecule has 144 valence electrons. The summed E-state index contributed by atoms with van der Waals surface area (Å²) in [5.74, 6) is 0.170. The van der Waals surface area contributed by atoms with Gasteiger partial charge < -0.3 is 14.3 Å². The van der Waals surface area contributed by atoms with Crippen LogP contribution in [-0.2, 0) is 4.79 Å². The minimum Gasteiger partial charge on any atom is -0.482 e. The topological polar surface area (TPSA) is 89.6 Å². The van der Waals surface area contributed by atoms with Crippen LogP contribution in [0.15, 0.2) is 71.2 Å². The Labute approximate surface area is 169 Å². The molecule has 0 amide bonds. The third kappa shape index (κ3) is 4.41. The molecule has 7 heteroatoms. The number of carbonyl (C=O) groups excluding carboxylic acids is 1. The van der Waals surface area contributed by atoms with Gasteiger partial charge in [-0.25, -0.2) is 9.78 Å². The molecule has 2 heterocycles. The zero-order valence-electron chi connectivity index (χ0n) is 15.1. The van der Waals surface area contributed by atoms with E-state index in [4.69, 9.17) is 14.3 Å². The molecule has 0 radical (unpaired) electrons. The summed E-state index contributed by atoms with van der Waals surface area (Å²) in [5.41, 5.74) is 1.31. The first-order valence-corrected chi connectivity index (χ1v) is 9.53. The molecule has 0 aliphatic heterocycles. The second-order valence-corrected chi connectivity index (χ2v) is 7.13. The molecule has 0 saturated heterocycles. The number of allylic oxidation sites excluding steroid dienone is 1. The fraction of sp³-hybridized carbons (Fsp3) is 0.0455. The zero-order valence-corrected chi connectivity index (χ0v) is 15.9. The van der Waals surface area contributed by atoms with E-state index in [0.717, 1.165) is 15.2 Å². The second kappa shape index (κ2) is 8.12. The fourth-order valence-electron chi connectivity index (χ4n) is 2.67. The smallest absolute Gasteiger partial charge is 0.341 e. The van der Waals surface area contributed by atoms with E-state index in [1.807, 2.05) is 30.3 Å². The van der Waals surface area contributed by atoms with Gasteiger partial charge in [-0.2, -0.15) is 0 Å². The molecule has 4 rings (SSSR count). The molecule has 0 aliphatic carbocycles. The fourth-order valence-corrected chi connectivity index (χ4v) is 3.60. The first-order chi connectivity index (χ1) is 14.1. The summed E-state index contributed by atoms with van der Waals surface area (Å²) >= 11 is 1.54. The van der Waals surface area contributed by atoms with Gasteiger partial charge >= 0.3 is 5.97 Å². The van der Waals surface area contributed by atoms with Crippen molar-refractivity contribution in [2.45, 2.75) is 0 Å². The number of aromatic nitrogens is 1. The number of carboxylic acids is 1. The van der Waals surface area contributed by atoms with Gasteiger partial charge in [-0.3, -0.25) is 4.79 Å². The second-order valence-electron chi connectivity index (χ2n) is 6.10. The molecule has 4 aromatic rings. The van der Waals surface area contributed by atoms with Crippen LogP contribution < -0.4 is 4.74 Å². The number of nitrogens with zero attached hydrogens (tertiary/aromatic N) is 1. The van der Waals surface area contributed by atoms with E-state index in [-0.39, 0.29) is 5.78 Å². The normalized spacial score (nSPS) is 11.2. The van der Waals surface area contributed by atoms with E-state index in [1.54, 1.807) is 41.7 Å². The van der Waals surface area contributed by atoms with Crippen molar-refractivity contribution in [2.75, 3.05) is 6.61 Å². The van der Waals surface area contributed by atoms with Crippen LogP contribution in [-0.4, -0.2) is 28.4 Å². The molecule has 0 spiro atoms. The molecule has 0 saturated carbocycles. The van der Waals surface area contributed by atoms with Crippen molar-refractivity contribution in [1.82, 2.24) is 4.98 Å². The van der Waals surface area contributed by atoms with Crippen LogP contribution >= 0.6 is 11.3 Å². The number of rotatable bonds is 7. The molecule has 0 bridgehead atoms. The molecule has 6 nitrogen and oxygen atoms in total. The van der Waals surface area contributed by atoms with Crippen molar-refractivity contribution in [3.8, 4) is 16.5 Å². The van der Waals surface area contributed by atoms with E-state index in [0.29, 0.717) is 22.8 Å². The van der Waals surface area contributed by atoms with Gasteiger partial charge in [-0.05, 0) is 48.6 Å². The number of ketones is 1. The summed E-state index contributed by atoms with van der Waals surface area (Å²) in [6, 6.07) is 17.8. The average Bonchev–Trinajstić information content (AvgIpc) is 3.37. The highest BCUT2D eigenvalue weighted by molar-refractivity contribution is 7.21. The molecule has 0 aliphatic rings. The summed E-state index contributed by atoms with van der Waals surface area (Å²) in [6.07, 6.45) is 2.99. The predicted octanol–water partition coefficient (Wildman–Crippen LogP) is 4.92. The van der Waals surface area contributed by atoms with Crippen LogP contribution in [0.2, 0.25) is 0 Å². The van der Waals surface area contributed by atoms with Gasteiger partial charge in [0.25, 0.3) is 0 Å². The van der Waals surface area contributed by atoms with Gasteiger partial charge in [0.2, 0.25) is 0 Å². The van der Waals surface area contributed by atoms with Crippen molar-refractivity contribution in [2.24, 2.45) is 0 Å². The van der Waals surface area contributed by atoms with Crippen LogP contribution in [0.5, 0.6) is 5.75 Å². The number of hydrogen-bond donors (Lipinski definition) is 1. The number of carbonyl (C=O) groups is 2. The summed E-state index contributed by atoms with van der Waals surface area (Å²) < 4.78 is 12.0. The largest absolute Gasteiger partial charge is 0.482 e. The van der Waals surface area contributed by atoms with Crippen molar-refractivity contribution in [1.29, 1.82) is 0 Å². The third-order valence-electron chi connectivity index (χ3n) is 4.01. The highest BCUT2D eigenvalue weighted by atomic mass is 32.1. The van der Waals surface area contributed by atoms with Crippen molar-refractivity contribution >= 4 is 39.4 Å². The molecule has 0 unspecified atom stereocenters. The number of thiazole rings is 1. The molecular formula is C22H15NO5S. The maximum atomic E-state index is 12.4. The highest BCUT2D eigenvalue weighted by Gasteiger charge is 2.10. The Morgan fingerprint density at radius 3 is 2.79 bits per heavy atom. The Kier molecular flexibility index (Phi) is 5.22. The number of ether oxygens (including phenoxy) is 1. The minimum absolute atomic E-state index is 0.247.